The maximum absolute atomic E-state index is 13.6. The van der Waals surface area contributed by atoms with E-state index in [9.17, 15) is 18.4 Å². The molecule has 4 aromatic heterocycles. The molecule has 9 nitrogen and oxygen atoms in total. The van der Waals surface area contributed by atoms with E-state index >= 15 is 0 Å². The molecule has 0 aliphatic rings. The molecule has 0 aromatic carbocycles. The van der Waals surface area contributed by atoms with Gasteiger partial charge in [-0.2, -0.15) is 10.2 Å². The number of aromatic nitrogens is 5. The Balaban J connectivity index is 1.88. The quantitative estimate of drug-likeness (QED) is 0.422. The number of anilines is 1. The average Bonchev–Trinajstić information content (AvgIpc) is 3.36. The molecule has 4 aromatic rings. The maximum Gasteiger partial charge on any atom is 0.280 e. The van der Waals surface area contributed by atoms with Crippen LogP contribution in [0.1, 0.15) is 33.2 Å². The number of rotatable bonds is 6. The van der Waals surface area contributed by atoms with Gasteiger partial charge in [0.25, 0.3) is 12.3 Å². The predicted octanol–water partition coefficient (Wildman–Crippen LogP) is 3.84. The number of hydrogen-bond acceptors (Lipinski definition) is 6. The highest BCUT2D eigenvalue weighted by Crippen LogP contribution is 2.43. The maximum atomic E-state index is 13.6. The number of nitrogens with zero attached hydrogens (tertiary/aromatic N) is 5. The summed E-state index contributed by atoms with van der Waals surface area (Å²) in [5.41, 5.74) is 7.24. The second-order valence-electron chi connectivity index (χ2n) is 7.36. The molecule has 33 heavy (non-hydrogen) atoms. The van der Waals surface area contributed by atoms with Crippen molar-refractivity contribution in [3.8, 4) is 11.1 Å². The van der Waals surface area contributed by atoms with Crippen molar-refractivity contribution in [3.63, 3.8) is 0 Å². The molecule has 0 aliphatic carbocycles. The Morgan fingerprint density at radius 1 is 1.21 bits per heavy atom. The van der Waals surface area contributed by atoms with Crippen LogP contribution < -0.4 is 11.1 Å². The number of carbonyl (C=O) groups excluding carboxylic acids is 2. The van der Waals surface area contributed by atoms with Gasteiger partial charge in [-0.3, -0.25) is 19.0 Å². The van der Waals surface area contributed by atoms with Gasteiger partial charge in [-0.1, -0.05) is 11.6 Å². The van der Waals surface area contributed by atoms with Gasteiger partial charge in [0.05, 0.1) is 22.1 Å². The zero-order chi connectivity index (χ0) is 24.0. The third kappa shape index (κ3) is 4.31. The predicted molar refractivity (Wildman–Crippen MR) is 121 cm³/mol. The first-order chi connectivity index (χ1) is 15.5. The van der Waals surface area contributed by atoms with Gasteiger partial charge in [-0.25, -0.2) is 13.8 Å². The van der Waals surface area contributed by atoms with Crippen molar-refractivity contribution in [3.05, 3.63) is 45.4 Å². The van der Waals surface area contributed by atoms with Crippen LogP contribution in [0.4, 0.5) is 14.5 Å². The molecule has 0 radical (unpaired) electrons. The van der Waals surface area contributed by atoms with E-state index in [2.05, 4.69) is 20.5 Å². The summed E-state index contributed by atoms with van der Waals surface area (Å²) in [4.78, 5) is 29.1. The molecule has 0 fully saturated rings. The third-order valence-electron chi connectivity index (χ3n) is 4.89. The average molecular weight is 494 g/mol. The zero-order valence-electron chi connectivity index (χ0n) is 17.7. The molecule has 3 N–H and O–H groups in total. The van der Waals surface area contributed by atoms with E-state index in [1.807, 2.05) is 0 Å². The van der Waals surface area contributed by atoms with E-state index in [1.54, 1.807) is 31.8 Å². The largest absolute Gasteiger partial charge is 0.365 e. The van der Waals surface area contributed by atoms with E-state index in [-0.39, 0.29) is 21.9 Å². The van der Waals surface area contributed by atoms with Gasteiger partial charge in [-0.05, 0) is 25.5 Å². The Morgan fingerprint density at radius 2 is 1.94 bits per heavy atom. The smallest absolute Gasteiger partial charge is 0.280 e. The SMILES string of the molecule is Cc1nn(CC(=O)Nc2c(C(N)=O)sc3nc(C(F)F)cc(-c4cn(C)nc4C)c23)cc1Cl. The second kappa shape index (κ2) is 8.52. The van der Waals surface area contributed by atoms with Crippen molar-refractivity contribution in [1.82, 2.24) is 24.5 Å². The Morgan fingerprint density at radius 3 is 2.48 bits per heavy atom. The van der Waals surface area contributed by atoms with Gasteiger partial charge in [0.2, 0.25) is 5.91 Å². The summed E-state index contributed by atoms with van der Waals surface area (Å²) < 4.78 is 30.1. The summed E-state index contributed by atoms with van der Waals surface area (Å²) in [5, 5.41) is 11.8. The van der Waals surface area contributed by atoms with E-state index in [1.165, 1.54) is 16.9 Å². The Labute approximate surface area is 195 Å². The van der Waals surface area contributed by atoms with Crippen molar-refractivity contribution < 1.29 is 18.4 Å². The molecule has 0 atom stereocenters. The van der Waals surface area contributed by atoms with Crippen LogP contribution in [-0.4, -0.2) is 36.4 Å². The molecular formula is C20H18ClF2N7O2S. The molecule has 0 unspecified atom stereocenters. The first kappa shape index (κ1) is 22.8. The molecule has 0 saturated heterocycles. The minimum Gasteiger partial charge on any atom is -0.365 e. The molecule has 172 valence electrons. The number of hydrogen-bond donors (Lipinski definition) is 2. The van der Waals surface area contributed by atoms with E-state index in [0.29, 0.717) is 32.9 Å². The molecule has 4 heterocycles. The normalized spacial score (nSPS) is 11.5. The molecule has 0 saturated carbocycles. The number of thiophene rings is 1. The molecular weight excluding hydrogens is 476 g/mol. The fourth-order valence-corrected chi connectivity index (χ4v) is 4.66. The van der Waals surface area contributed by atoms with Crippen LogP contribution in [0, 0.1) is 13.8 Å². The van der Waals surface area contributed by atoms with Crippen molar-refractivity contribution in [2.24, 2.45) is 12.8 Å². The van der Waals surface area contributed by atoms with Crippen LogP contribution >= 0.6 is 22.9 Å². The van der Waals surface area contributed by atoms with Gasteiger partial charge in [0.15, 0.2) is 0 Å². The molecule has 0 aliphatic heterocycles. The van der Waals surface area contributed by atoms with Crippen LogP contribution in [0.2, 0.25) is 5.02 Å². The lowest BCUT2D eigenvalue weighted by atomic mass is 10.0. The number of alkyl halides is 2. The standard InChI is InChI=1S/C20H18ClF2N7O2S/c1-8-11(5-29(3)27-8)10-4-13(18(22)23)25-20-15(10)16(17(33-20)19(24)32)26-14(31)7-30-6-12(21)9(2)28-30/h4-6,18H,7H2,1-3H3,(H2,24,32)(H,26,31). The summed E-state index contributed by atoms with van der Waals surface area (Å²) in [6, 6.07) is 1.24. The monoisotopic (exact) mass is 493 g/mol. The first-order valence-corrected chi connectivity index (χ1v) is 10.8. The second-order valence-corrected chi connectivity index (χ2v) is 8.76. The first-order valence-electron chi connectivity index (χ1n) is 9.60. The van der Waals surface area contributed by atoms with E-state index in [4.69, 9.17) is 17.3 Å². The number of amides is 2. The molecule has 4 rings (SSSR count). The van der Waals surface area contributed by atoms with Crippen molar-refractivity contribution in [1.29, 1.82) is 0 Å². The summed E-state index contributed by atoms with van der Waals surface area (Å²) in [6.45, 7) is 3.24. The van der Waals surface area contributed by atoms with Crippen LogP contribution in [-0.2, 0) is 18.4 Å². The van der Waals surface area contributed by atoms with Gasteiger partial charge in [0.1, 0.15) is 21.9 Å². The number of halogens is 3. The Bertz CT molecular complexity index is 1390. The van der Waals surface area contributed by atoms with Crippen LogP contribution in [0.15, 0.2) is 18.5 Å². The highest BCUT2D eigenvalue weighted by Gasteiger charge is 2.26. The number of fused-ring (bicyclic) bond motifs is 1. The Kier molecular flexibility index (Phi) is 5.89. The number of pyridine rings is 1. The van der Waals surface area contributed by atoms with Gasteiger partial charge in [0, 0.05) is 30.4 Å². The van der Waals surface area contributed by atoms with Gasteiger partial charge < -0.3 is 11.1 Å². The van der Waals surface area contributed by atoms with Crippen LogP contribution in [0.3, 0.4) is 0 Å². The number of carbonyl (C=O) groups is 2. The number of nitrogens with two attached hydrogens (primary N) is 1. The third-order valence-corrected chi connectivity index (χ3v) is 6.36. The fourth-order valence-electron chi connectivity index (χ4n) is 3.50. The number of aryl methyl sites for hydroxylation is 3. The lowest BCUT2D eigenvalue weighted by Gasteiger charge is -2.10. The fraction of sp³-hybridized carbons (Fsp3) is 0.250. The van der Waals surface area contributed by atoms with Gasteiger partial charge in [-0.15, -0.1) is 11.3 Å². The minimum atomic E-state index is -2.84. The molecule has 0 bridgehead atoms. The number of nitrogens with one attached hydrogen (secondary N) is 1. The lowest BCUT2D eigenvalue weighted by Crippen LogP contribution is -2.21. The zero-order valence-corrected chi connectivity index (χ0v) is 19.3. The molecule has 13 heteroatoms. The summed E-state index contributed by atoms with van der Waals surface area (Å²) in [7, 11) is 1.70. The summed E-state index contributed by atoms with van der Waals surface area (Å²) in [6.07, 6.45) is 0.328. The topological polar surface area (TPSA) is 121 Å². The number of primary amides is 1. The Hall–Kier alpha value is -3.38. The van der Waals surface area contributed by atoms with E-state index in [0.717, 1.165) is 11.3 Å². The van der Waals surface area contributed by atoms with Crippen molar-refractivity contribution in [2.75, 3.05) is 5.32 Å². The van der Waals surface area contributed by atoms with Crippen LogP contribution in [0.25, 0.3) is 21.3 Å². The molecule has 2 amide bonds. The van der Waals surface area contributed by atoms with E-state index < -0.39 is 23.9 Å². The van der Waals surface area contributed by atoms with Gasteiger partial charge >= 0.3 is 0 Å². The highest BCUT2D eigenvalue weighted by atomic mass is 35.5. The minimum absolute atomic E-state index is 0.00487. The lowest BCUT2D eigenvalue weighted by molar-refractivity contribution is -0.116. The summed E-state index contributed by atoms with van der Waals surface area (Å²) >= 11 is 6.83. The van der Waals surface area contributed by atoms with Crippen molar-refractivity contribution in [2.45, 2.75) is 26.8 Å². The van der Waals surface area contributed by atoms with Crippen molar-refractivity contribution >= 4 is 50.7 Å². The summed E-state index contributed by atoms with van der Waals surface area (Å²) in [5.74, 6) is -1.33. The van der Waals surface area contributed by atoms with Crippen LogP contribution in [0.5, 0.6) is 0 Å². The molecule has 0 spiro atoms. The highest BCUT2D eigenvalue weighted by molar-refractivity contribution is 7.21.